The number of nitrogens with one attached hydrogen (secondary N) is 1. The van der Waals surface area contributed by atoms with Crippen LogP contribution in [0.25, 0.3) is 0 Å². The zero-order valence-electron chi connectivity index (χ0n) is 15.5. The largest absolute Gasteiger partial charge is 0.389 e. The average molecular weight is 421 g/mol. The van der Waals surface area contributed by atoms with Crippen LogP contribution in [0.3, 0.4) is 0 Å². The Morgan fingerprint density at radius 3 is 2.54 bits per heavy atom. The summed E-state index contributed by atoms with van der Waals surface area (Å²) in [6.07, 6.45) is 0.872. The third-order valence-electron chi connectivity index (χ3n) is 4.91. The number of aliphatic hydroxyl groups is 1. The fourth-order valence-electron chi connectivity index (χ4n) is 3.30. The molecule has 1 fully saturated rings. The Bertz CT molecular complexity index is 868. The summed E-state index contributed by atoms with van der Waals surface area (Å²) >= 11 is 11.9. The van der Waals surface area contributed by atoms with Crippen LogP contribution in [0.2, 0.25) is 10.0 Å². The Balaban J connectivity index is 1.63. The third kappa shape index (κ3) is 4.66. The molecule has 0 bridgehead atoms. The number of hydrogen-bond acceptors (Lipinski definition) is 3. The highest BCUT2D eigenvalue weighted by Gasteiger charge is 2.34. The lowest BCUT2D eigenvalue weighted by Crippen LogP contribution is -2.45. The van der Waals surface area contributed by atoms with Crippen molar-refractivity contribution < 1.29 is 14.7 Å². The Labute approximate surface area is 174 Å². The van der Waals surface area contributed by atoms with Crippen molar-refractivity contribution in [1.82, 2.24) is 10.2 Å². The van der Waals surface area contributed by atoms with E-state index in [0.29, 0.717) is 35.1 Å². The number of carbonyl (C=O) groups excluding carboxylic acids is 2. The van der Waals surface area contributed by atoms with E-state index in [1.807, 2.05) is 24.3 Å². The summed E-state index contributed by atoms with van der Waals surface area (Å²) in [6, 6.07) is 11.6. The van der Waals surface area contributed by atoms with Crippen LogP contribution in [0.5, 0.6) is 0 Å². The van der Waals surface area contributed by atoms with E-state index in [4.69, 9.17) is 23.2 Å². The van der Waals surface area contributed by atoms with Crippen molar-refractivity contribution in [3.8, 4) is 0 Å². The van der Waals surface area contributed by atoms with Crippen LogP contribution in [0.1, 0.15) is 47.4 Å². The van der Waals surface area contributed by atoms with E-state index in [1.165, 1.54) is 6.07 Å². The van der Waals surface area contributed by atoms with E-state index in [-0.39, 0.29) is 11.8 Å². The van der Waals surface area contributed by atoms with Crippen molar-refractivity contribution in [2.24, 2.45) is 0 Å². The topological polar surface area (TPSA) is 69.6 Å². The van der Waals surface area contributed by atoms with Gasteiger partial charge < -0.3 is 15.3 Å². The molecule has 1 aliphatic heterocycles. The Morgan fingerprint density at radius 2 is 1.89 bits per heavy atom. The highest BCUT2D eigenvalue weighted by Crippen LogP contribution is 2.26. The number of hydrogen-bond donors (Lipinski definition) is 2. The molecule has 0 radical (unpaired) electrons. The van der Waals surface area contributed by atoms with Crippen molar-refractivity contribution in [2.45, 2.75) is 38.5 Å². The molecule has 5 nitrogen and oxygen atoms in total. The molecule has 3 rings (SSSR count). The number of likely N-dealkylation sites (tertiary alicyclic amines) is 1. The fourth-order valence-corrected chi connectivity index (χ4v) is 3.60. The molecule has 2 aromatic rings. The van der Waals surface area contributed by atoms with Gasteiger partial charge in [-0.2, -0.15) is 0 Å². The average Bonchev–Trinajstić information content (AvgIpc) is 3.18. The molecular weight excluding hydrogens is 399 g/mol. The number of rotatable bonds is 5. The maximum atomic E-state index is 12.8. The molecule has 7 heteroatoms. The Kier molecular flexibility index (Phi) is 6.60. The molecular formula is C21H22Cl2N2O3. The number of halogens is 2. The van der Waals surface area contributed by atoms with Gasteiger partial charge in [-0.1, -0.05) is 47.5 Å². The molecule has 2 N–H and O–H groups in total. The zero-order valence-corrected chi connectivity index (χ0v) is 17.0. The van der Waals surface area contributed by atoms with Gasteiger partial charge in [0.1, 0.15) is 6.04 Å². The fraction of sp³-hybridized carbons (Fsp3) is 0.333. The van der Waals surface area contributed by atoms with E-state index in [0.717, 1.165) is 17.5 Å². The van der Waals surface area contributed by atoms with Crippen LogP contribution >= 0.6 is 23.2 Å². The lowest BCUT2D eigenvalue weighted by Gasteiger charge is -2.24. The molecule has 0 saturated carbocycles. The monoisotopic (exact) mass is 420 g/mol. The maximum absolute atomic E-state index is 12.8. The van der Waals surface area contributed by atoms with Gasteiger partial charge in [-0.25, -0.2) is 0 Å². The molecule has 1 aliphatic rings. The van der Waals surface area contributed by atoms with Crippen LogP contribution in [0.4, 0.5) is 0 Å². The molecule has 28 heavy (non-hydrogen) atoms. The first kappa shape index (κ1) is 20.6. The van der Waals surface area contributed by atoms with Gasteiger partial charge >= 0.3 is 0 Å². The summed E-state index contributed by atoms with van der Waals surface area (Å²) in [4.78, 5) is 27.1. The van der Waals surface area contributed by atoms with Gasteiger partial charge in [0.2, 0.25) is 5.91 Å². The number of aliphatic hydroxyl groups excluding tert-OH is 1. The van der Waals surface area contributed by atoms with Crippen molar-refractivity contribution >= 4 is 35.0 Å². The van der Waals surface area contributed by atoms with E-state index in [1.54, 1.807) is 24.0 Å². The smallest absolute Gasteiger partial charge is 0.254 e. The SMILES string of the molecule is CC(O)c1ccc(CNC(=O)C2CCCN2C(=O)c2ccc(Cl)c(Cl)c2)cc1. The predicted molar refractivity (Wildman–Crippen MR) is 109 cm³/mol. The minimum Gasteiger partial charge on any atom is -0.389 e. The number of amides is 2. The van der Waals surface area contributed by atoms with E-state index < -0.39 is 12.1 Å². The van der Waals surface area contributed by atoms with E-state index >= 15 is 0 Å². The number of nitrogens with zero attached hydrogens (tertiary/aromatic N) is 1. The number of benzene rings is 2. The summed E-state index contributed by atoms with van der Waals surface area (Å²) in [6.45, 7) is 2.60. The first-order valence-corrected chi connectivity index (χ1v) is 9.93. The van der Waals surface area contributed by atoms with Gasteiger partial charge in [-0.15, -0.1) is 0 Å². The van der Waals surface area contributed by atoms with Crippen LogP contribution in [0, 0.1) is 0 Å². The Morgan fingerprint density at radius 1 is 1.18 bits per heavy atom. The molecule has 2 amide bonds. The lowest BCUT2D eigenvalue weighted by atomic mass is 10.1. The molecule has 1 heterocycles. The first-order valence-electron chi connectivity index (χ1n) is 9.17. The minimum absolute atomic E-state index is 0.175. The minimum atomic E-state index is -0.525. The second kappa shape index (κ2) is 8.95. The number of carbonyl (C=O) groups is 2. The van der Waals surface area contributed by atoms with Gasteiger partial charge in [-0.3, -0.25) is 9.59 Å². The van der Waals surface area contributed by atoms with Gasteiger partial charge in [0.25, 0.3) is 5.91 Å². The van der Waals surface area contributed by atoms with Gasteiger partial charge in [0, 0.05) is 18.7 Å². The third-order valence-corrected chi connectivity index (χ3v) is 5.65. The lowest BCUT2D eigenvalue weighted by molar-refractivity contribution is -0.125. The van der Waals surface area contributed by atoms with Crippen LogP contribution < -0.4 is 5.32 Å². The van der Waals surface area contributed by atoms with Crippen molar-refractivity contribution in [1.29, 1.82) is 0 Å². The van der Waals surface area contributed by atoms with Gasteiger partial charge in [-0.05, 0) is 49.1 Å². The summed E-state index contributed by atoms with van der Waals surface area (Å²) in [5.74, 6) is -0.400. The molecule has 148 valence electrons. The normalized spacial score (nSPS) is 17.4. The summed E-state index contributed by atoms with van der Waals surface area (Å²) < 4.78 is 0. The van der Waals surface area contributed by atoms with Gasteiger partial charge in [0.15, 0.2) is 0 Å². The highest BCUT2D eigenvalue weighted by molar-refractivity contribution is 6.42. The Hall–Kier alpha value is -2.08. The van der Waals surface area contributed by atoms with Crippen LogP contribution in [-0.4, -0.2) is 34.4 Å². The second-order valence-electron chi connectivity index (χ2n) is 6.92. The van der Waals surface area contributed by atoms with Crippen molar-refractivity contribution in [3.05, 3.63) is 69.2 Å². The molecule has 0 aromatic heterocycles. The summed E-state index contributed by atoms with van der Waals surface area (Å²) in [5, 5.41) is 13.2. The summed E-state index contributed by atoms with van der Waals surface area (Å²) in [5.41, 5.74) is 2.17. The molecule has 1 saturated heterocycles. The summed E-state index contributed by atoms with van der Waals surface area (Å²) in [7, 11) is 0. The van der Waals surface area contributed by atoms with Crippen LogP contribution in [0.15, 0.2) is 42.5 Å². The maximum Gasteiger partial charge on any atom is 0.254 e. The van der Waals surface area contributed by atoms with E-state index in [2.05, 4.69) is 5.32 Å². The zero-order chi connectivity index (χ0) is 20.3. The first-order chi connectivity index (χ1) is 13.4. The second-order valence-corrected chi connectivity index (χ2v) is 7.74. The molecule has 0 aliphatic carbocycles. The van der Waals surface area contributed by atoms with Crippen molar-refractivity contribution in [2.75, 3.05) is 6.54 Å². The van der Waals surface area contributed by atoms with Crippen molar-refractivity contribution in [3.63, 3.8) is 0 Å². The predicted octanol–water partition coefficient (Wildman–Crippen LogP) is 3.97. The van der Waals surface area contributed by atoms with E-state index in [9.17, 15) is 14.7 Å². The van der Waals surface area contributed by atoms with Crippen LogP contribution in [-0.2, 0) is 11.3 Å². The molecule has 2 unspecified atom stereocenters. The highest BCUT2D eigenvalue weighted by atomic mass is 35.5. The molecule has 0 spiro atoms. The standard InChI is InChI=1S/C21H22Cl2N2O3/c1-13(26)15-6-4-14(5-7-15)12-24-20(27)19-3-2-10-25(19)21(28)16-8-9-17(22)18(23)11-16/h4-9,11,13,19,26H,2-3,10,12H2,1H3,(H,24,27). The molecule has 2 aromatic carbocycles. The quantitative estimate of drug-likeness (QED) is 0.768. The molecule has 2 atom stereocenters. The van der Waals surface area contributed by atoms with Gasteiger partial charge in [0.05, 0.1) is 16.1 Å².